The third kappa shape index (κ3) is 4.21. The van der Waals surface area contributed by atoms with Crippen LogP contribution >= 0.6 is 0 Å². The highest BCUT2D eigenvalue weighted by molar-refractivity contribution is 7.89. The smallest absolute Gasteiger partial charge is 0.407 e. The van der Waals surface area contributed by atoms with Crippen LogP contribution in [0.25, 0.3) is 11.1 Å². The Balaban J connectivity index is 1.48. The number of hydrogen-bond donors (Lipinski definition) is 0. The average Bonchev–Trinajstić information content (AvgIpc) is 3.07. The number of benzene rings is 2. The Kier molecular flexibility index (Phi) is 6.04. The molecule has 2 heterocycles. The number of oxazole rings is 1. The Hall–Kier alpha value is -3.51. The first-order valence-electron chi connectivity index (χ1n) is 10.6. The lowest BCUT2D eigenvalue weighted by Crippen LogP contribution is -2.51. The van der Waals surface area contributed by atoms with Gasteiger partial charge in [-0.05, 0) is 38.0 Å². The number of fused-ring (bicyclic) bond motifs is 1. The zero-order chi connectivity index (χ0) is 24.8. The standard InChI is InChI=1S/C22H24N4O7S/c1-14-10-15(2)21(16(3)11-14)34(31,32)24-8-6-23(7-9-24)20(27)13-25-18-5-4-17(26(29)30)12-19(18)33-22(25)28/h4-5,10-12H,6-9,13H2,1-3H3. The molecule has 0 aliphatic carbocycles. The van der Waals surface area contributed by atoms with E-state index in [1.807, 2.05) is 19.1 Å². The Labute approximate surface area is 195 Å². The summed E-state index contributed by atoms with van der Waals surface area (Å²) in [5.74, 6) is -1.17. The van der Waals surface area contributed by atoms with Gasteiger partial charge in [0.2, 0.25) is 15.9 Å². The van der Waals surface area contributed by atoms with E-state index in [0.717, 1.165) is 16.2 Å². The number of rotatable bonds is 5. The van der Waals surface area contributed by atoms with Crippen LogP contribution in [0.1, 0.15) is 16.7 Å². The van der Waals surface area contributed by atoms with Gasteiger partial charge in [0.15, 0.2) is 5.58 Å². The minimum absolute atomic E-state index is 0.0201. The lowest BCUT2D eigenvalue weighted by molar-refractivity contribution is -0.384. The molecule has 0 unspecified atom stereocenters. The lowest BCUT2D eigenvalue weighted by Gasteiger charge is -2.34. The Morgan fingerprint density at radius 2 is 1.68 bits per heavy atom. The number of amides is 1. The van der Waals surface area contributed by atoms with Crippen LogP contribution in [0.15, 0.2) is 44.4 Å². The Morgan fingerprint density at radius 1 is 1.06 bits per heavy atom. The van der Waals surface area contributed by atoms with E-state index in [-0.39, 0.29) is 55.4 Å². The monoisotopic (exact) mass is 488 g/mol. The summed E-state index contributed by atoms with van der Waals surface area (Å²) in [5, 5.41) is 10.9. The fourth-order valence-corrected chi connectivity index (χ4v) is 6.27. The first kappa shape index (κ1) is 23.6. The number of sulfonamides is 1. The number of carbonyl (C=O) groups is 1. The van der Waals surface area contributed by atoms with Gasteiger partial charge in [0, 0.05) is 32.2 Å². The zero-order valence-corrected chi connectivity index (χ0v) is 19.8. The molecule has 34 heavy (non-hydrogen) atoms. The molecule has 0 atom stereocenters. The van der Waals surface area contributed by atoms with Crippen LogP contribution < -0.4 is 5.76 Å². The maximum absolute atomic E-state index is 13.3. The van der Waals surface area contributed by atoms with E-state index in [9.17, 15) is 28.1 Å². The van der Waals surface area contributed by atoms with Crippen molar-refractivity contribution >= 4 is 32.7 Å². The van der Waals surface area contributed by atoms with Gasteiger partial charge in [0.05, 0.1) is 21.4 Å². The van der Waals surface area contributed by atoms with E-state index in [1.54, 1.807) is 13.8 Å². The molecule has 4 rings (SSSR count). The van der Waals surface area contributed by atoms with Crippen molar-refractivity contribution in [2.45, 2.75) is 32.2 Å². The van der Waals surface area contributed by atoms with E-state index in [2.05, 4.69) is 0 Å². The summed E-state index contributed by atoms with van der Waals surface area (Å²) in [6.45, 7) is 5.77. The highest BCUT2D eigenvalue weighted by Crippen LogP contribution is 2.26. The van der Waals surface area contributed by atoms with Crippen molar-refractivity contribution in [3.05, 3.63) is 67.7 Å². The molecule has 1 aliphatic heterocycles. The molecule has 0 saturated carbocycles. The molecule has 1 saturated heterocycles. The van der Waals surface area contributed by atoms with Crippen LogP contribution in [0.4, 0.5) is 5.69 Å². The molecule has 0 radical (unpaired) electrons. The van der Waals surface area contributed by atoms with E-state index in [1.165, 1.54) is 21.3 Å². The van der Waals surface area contributed by atoms with Gasteiger partial charge in [-0.2, -0.15) is 4.31 Å². The van der Waals surface area contributed by atoms with Gasteiger partial charge in [-0.25, -0.2) is 13.2 Å². The van der Waals surface area contributed by atoms with E-state index < -0.39 is 20.7 Å². The highest BCUT2D eigenvalue weighted by atomic mass is 32.2. The van der Waals surface area contributed by atoms with Crippen LogP contribution in [-0.4, -0.2) is 59.2 Å². The summed E-state index contributed by atoms with van der Waals surface area (Å²) in [6, 6.07) is 7.40. The number of nitro groups is 1. The third-order valence-electron chi connectivity index (χ3n) is 5.95. The lowest BCUT2D eigenvalue weighted by atomic mass is 10.1. The SMILES string of the molecule is Cc1cc(C)c(S(=O)(=O)N2CCN(C(=O)Cn3c(=O)oc4cc([N+](=O)[O-])ccc43)CC2)c(C)c1. The summed E-state index contributed by atoms with van der Waals surface area (Å²) >= 11 is 0. The van der Waals surface area contributed by atoms with E-state index in [4.69, 9.17) is 4.42 Å². The molecular weight excluding hydrogens is 464 g/mol. The second kappa shape index (κ2) is 8.69. The van der Waals surface area contributed by atoms with Gasteiger partial charge in [-0.15, -0.1) is 0 Å². The summed E-state index contributed by atoms with van der Waals surface area (Å²) in [4.78, 5) is 37.2. The minimum atomic E-state index is -3.72. The van der Waals surface area contributed by atoms with Gasteiger partial charge in [0.1, 0.15) is 6.54 Å². The van der Waals surface area contributed by atoms with Crippen LogP contribution in [0, 0.1) is 30.9 Å². The molecule has 1 aromatic heterocycles. The molecule has 0 N–H and O–H groups in total. The van der Waals surface area contributed by atoms with Crippen molar-refractivity contribution in [3.63, 3.8) is 0 Å². The predicted octanol–water partition coefficient (Wildman–Crippen LogP) is 1.96. The summed E-state index contributed by atoms with van der Waals surface area (Å²) in [7, 11) is -3.72. The summed E-state index contributed by atoms with van der Waals surface area (Å²) in [6.07, 6.45) is 0. The molecule has 2 aromatic carbocycles. The van der Waals surface area contributed by atoms with E-state index in [0.29, 0.717) is 16.0 Å². The highest BCUT2D eigenvalue weighted by Gasteiger charge is 2.32. The quantitative estimate of drug-likeness (QED) is 0.395. The van der Waals surface area contributed by atoms with Crippen LogP contribution in [-0.2, 0) is 21.4 Å². The van der Waals surface area contributed by atoms with Gasteiger partial charge in [-0.1, -0.05) is 17.7 Å². The second-order valence-corrected chi connectivity index (χ2v) is 10.3. The number of nitrogens with zero attached hydrogens (tertiary/aromatic N) is 4. The normalized spacial score (nSPS) is 15.1. The number of piperazine rings is 1. The van der Waals surface area contributed by atoms with Gasteiger partial charge in [-0.3, -0.25) is 19.5 Å². The van der Waals surface area contributed by atoms with Crippen molar-refractivity contribution in [1.82, 2.24) is 13.8 Å². The van der Waals surface area contributed by atoms with Crippen LogP contribution in [0.3, 0.4) is 0 Å². The molecule has 1 aliphatic rings. The van der Waals surface area contributed by atoms with Gasteiger partial charge < -0.3 is 9.32 Å². The second-order valence-electron chi connectivity index (χ2n) is 8.38. The molecule has 11 nitrogen and oxygen atoms in total. The molecular formula is C22H24N4O7S. The van der Waals surface area contributed by atoms with Crippen molar-refractivity contribution in [3.8, 4) is 0 Å². The van der Waals surface area contributed by atoms with Gasteiger partial charge >= 0.3 is 5.76 Å². The maximum Gasteiger partial charge on any atom is 0.420 e. The first-order chi connectivity index (χ1) is 16.0. The number of nitro benzene ring substituents is 1. The Bertz CT molecular complexity index is 1440. The summed E-state index contributed by atoms with van der Waals surface area (Å²) < 4.78 is 34.1. The molecule has 0 spiro atoms. The molecule has 1 amide bonds. The average molecular weight is 489 g/mol. The van der Waals surface area contributed by atoms with Crippen LogP contribution in [0.2, 0.25) is 0 Å². The van der Waals surface area contributed by atoms with Crippen LogP contribution in [0.5, 0.6) is 0 Å². The zero-order valence-electron chi connectivity index (χ0n) is 19.0. The van der Waals surface area contributed by atoms with Crippen molar-refractivity contribution in [1.29, 1.82) is 0 Å². The Morgan fingerprint density at radius 3 is 2.26 bits per heavy atom. The maximum atomic E-state index is 13.3. The first-order valence-corrected chi connectivity index (χ1v) is 12.1. The fraction of sp³-hybridized carbons (Fsp3) is 0.364. The molecule has 180 valence electrons. The predicted molar refractivity (Wildman–Crippen MR) is 123 cm³/mol. The van der Waals surface area contributed by atoms with E-state index >= 15 is 0 Å². The third-order valence-corrected chi connectivity index (χ3v) is 8.15. The van der Waals surface area contributed by atoms with Crippen molar-refractivity contribution < 1.29 is 22.6 Å². The number of hydrogen-bond acceptors (Lipinski definition) is 7. The van der Waals surface area contributed by atoms with Crippen molar-refractivity contribution in [2.24, 2.45) is 0 Å². The van der Waals surface area contributed by atoms with Crippen molar-refractivity contribution in [2.75, 3.05) is 26.2 Å². The summed E-state index contributed by atoms with van der Waals surface area (Å²) in [5.41, 5.74) is 2.42. The van der Waals surface area contributed by atoms with Gasteiger partial charge in [0.25, 0.3) is 5.69 Å². The fourth-order valence-electron chi connectivity index (χ4n) is 4.43. The molecule has 12 heteroatoms. The minimum Gasteiger partial charge on any atom is -0.407 e. The molecule has 0 bridgehead atoms. The topological polar surface area (TPSA) is 136 Å². The molecule has 3 aromatic rings. The largest absolute Gasteiger partial charge is 0.420 e. The molecule has 1 fully saturated rings. The number of carbonyl (C=O) groups excluding carboxylic acids is 1. The number of aryl methyl sites for hydroxylation is 3. The number of aromatic nitrogens is 1. The number of non-ortho nitro benzene ring substituents is 1.